The molecule has 0 bridgehead atoms. The van der Waals surface area contributed by atoms with Gasteiger partial charge in [0, 0.05) is 31.2 Å². The van der Waals surface area contributed by atoms with Gasteiger partial charge in [-0.2, -0.15) is 0 Å². The van der Waals surface area contributed by atoms with Crippen LogP contribution in [0.3, 0.4) is 0 Å². The Bertz CT molecular complexity index is 2570. The molecule has 2 aliphatic heterocycles. The second-order valence-corrected chi connectivity index (χ2v) is 23.0. The van der Waals surface area contributed by atoms with Crippen LogP contribution in [0.2, 0.25) is 0 Å². The smallest absolute Gasteiger partial charge is 0.246 e. The molecule has 8 N–H and O–H groups in total. The molecule has 0 radical (unpaired) electrons. The molecule has 7 amide bonds. The van der Waals surface area contributed by atoms with Gasteiger partial charge in [0.1, 0.15) is 24.2 Å². The van der Waals surface area contributed by atoms with Crippen LogP contribution >= 0.6 is 0 Å². The number of carbonyl (C=O) groups is 7. The summed E-state index contributed by atoms with van der Waals surface area (Å²) in [6.45, 7) is 14.7. The number of anilines is 1. The van der Waals surface area contributed by atoms with Gasteiger partial charge in [-0.05, 0) is 129 Å². The summed E-state index contributed by atoms with van der Waals surface area (Å²) in [6.07, 6.45) is 5.64. The maximum Gasteiger partial charge on any atom is 0.246 e. The van der Waals surface area contributed by atoms with Crippen molar-refractivity contribution in [2.75, 3.05) is 32.5 Å². The fourth-order valence-electron chi connectivity index (χ4n) is 10.8. The van der Waals surface area contributed by atoms with Crippen LogP contribution in [0.1, 0.15) is 133 Å². The molecule has 400 valence electrons. The molecular weight excluding hydrogens is 937 g/mol. The molecular formula is C57H80N10O7. The topological polar surface area (TPSA) is 222 Å². The number of hydrogen-bond acceptors (Lipinski definition) is 10. The minimum Gasteiger partial charge on any atom is -0.376 e. The van der Waals surface area contributed by atoms with Crippen LogP contribution in [-0.2, 0) is 59.4 Å². The molecule has 4 unspecified atom stereocenters. The van der Waals surface area contributed by atoms with Crippen molar-refractivity contribution in [2.24, 2.45) is 10.8 Å². The Hall–Kier alpha value is -6.33. The third kappa shape index (κ3) is 12.9. The standard InChI is InChI=1S/C57H80N10O7/c1-33(58-9)50(69)64-48(56(3,4)5)54(73)66-31-38-27-39(26-25-37(38)28-45(66)52(71)62-43-23-15-19-35-17-11-13-21-41(35)43)60-30-47(68)61-40-29-46(53(72)63-44-24-16-20-36-18-12-14-22-42(36)44)67(32-40)55(74)49(57(6,7)8)65-51(70)34(2)59-10/h11-14,17-18,21-22,25-27,33-34,40,43-46,48-49,58-60H,15-16,19-20,23-24,28-32H2,1-10H3,(H,61,68)(H,62,71)(H,63,72)(H,64,69)(H,65,70)/t33-,34-,40?,43?,44+,45?,46-,48?,49+/m0/s1. The van der Waals surface area contributed by atoms with Gasteiger partial charge >= 0.3 is 0 Å². The highest BCUT2D eigenvalue weighted by molar-refractivity contribution is 5.95. The summed E-state index contributed by atoms with van der Waals surface area (Å²) in [6, 6.07) is 16.1. The van der Waals surface area contributed by atoms with Crippen LogP contribution in [-0.4, -0.2) is 121 Å². The SMILES string of the molecule is CN[C@@H](C)C(=O)NC(C(=O)N1Cc2cc(NCC(=O)NC3C[C@@H](C(=O)N[C@@H]4CCCc5ccccc54)N(C(=O)[C@@H](NC(=O)[C@H](C)NC)C(C)(C)C)C3)ccc2CC1C(=O)NC1CCCc2ccccc21)C(C)(C)C. The Morgan fingerprint density at radius 2 is 1.11 bits per heavy atom. The van der Waals surface area contributed by atoms with E-state index < -0.39 is 59.0 Å². The monoisotopic (exact) mass is 1020 g/mol. The molecule has 1 saturated heterocycles. The van der Waals surface area contributed by atoms with Crippen LogP contribution in [0.25, 0.3) is 0 Å². The number of carbonyl (C=O) groups excluding carboxylic acids is 7. The van der Waals surface area contributed by atoms with Gasteiger partial charge in [0.25, 0.3) is 0 Å². The van der Waals surface area contributed by atoms with Gasteiger partial charge in [0.15, 0.2) is 0 Å². The van der Waals surface area contributed by atoms with Gasteiger partial charge in [-0.25, -0.2) is 0 Å². The third-order valence-corrected chi connectivity index (χ3v) is 15.5. The van der Waals surface area contributed by atoms with Crippen molar-refractivity contribution in [1.29, 1.82) is 0 Å². The molecule has 0 aromatic heterocycles. The Balaban J connectivity index is 1.08. The Morgan fingerprint density at radius 1 is 0.608 bits per heavy atom. The van der Waals surface area contributed by atoms with E-state index in [1.54, 1.807) is 32.8 Å². The summed E-state index contributed by atoms with van der Waals surface area (Å²) in [4.78, 5) is 102. The highest BCUT2D eigenvalue weighted by Gasteiger charge is 2.47. The zero-order valence-electron chi connectivity index (χ0n) is 45.1. The molecule has 9 atom stereocenters. The van der Waals surface area contributed by atoms with Crippen molar-refractivity contribution in [2.45, 2.75) is 168 Å². The first kappa shape index (κ1) is 55.4. The van der Waals surface area contributed by atoms with Crippen molar-refractivity contribution < 1.29 is 33.6 Å². The van der Waals surface area contributed by atoms with Crippen molar-refractivity contribution in [3.05, 3.63) is 100 Å². The van der Waals surface area contributed by atoms with Crippen LogP contribution in [0.15, 0.2) is 66.7 Å². The van der Waals surface area contributed by atoms with Crippen LogP contribution in [0.5, 0.6) is 0 Å². The van der Waals surface area contributed by atoms with Crippen LogP contribution < -0.4 is 42.5 Å². The molecule has 4 aliphatic rings. The maximum atomic E-state index is 14.9. The van der Waals surface area contributed by atoms with E-state index in [0.29, 0.717) is 5.69 Å². The Labute approximate surface area is 437 Å². The molecule has 17 heteroatoms. The number of rotatable bonds is 16. The first-order chi connectivity index (χ1) is 35.1. The average Bonchev–Trinajstić information content (AvgIpc) is 3.80. The van der Waals surface area contributed by atoms with Gasteiger partial charge in [-0.15, -0.1) is 0 Å². The van der Waals surface area contributed by atoms with E-state index in [0.717, 1.165) is 60.8 Å². The van der Waals surface area contributed by atoms with Crippen LogP contribution in [0.4, 0.5) is 5.69 Å². The fourth-order valence-corrected chi connectivity index (χ4v) is 10.8. The Kier molecular flexibility index (Phi) is 17.6. The molecule has 0 spiro atoms. The largest absolute Gasteiger partial charge is 0.376 e. The maximum absolute atomic E-state index is 14.9. The lowest BCUT2D eigenvalue weighted by Gasteiger charge is -2.42. The quantitative estimate of drug-likeness (QED) is 0.103. The van der Waals surface area contributed by atoms with Crippen LogP contribution in [0, 0.1) is 10.8 Å². The van der Waals surface area contributed by atoms with E-state index in [9.17, 15) is 33.6 Å². The van der Waals surface area contributed by atoms with Gasteiger partial charge in [-0.3, -0.25) is 33.6 Å². The Morgan fingerprint density at radius 3 is 1.62 bits per heavy atom. The molecule has 0 saturated carbocycles. The molecule has 17 nitrogen and oxygen atoms in total. The third-order valence-electron chi connectivity index (χ3n) is 15.5. The van der Waals surface area contributed by atoms with Crippen molar-refractivity contribution in [1.82, 2.24) is 47.0 Å². The molecule has 3 aromatic carbocycles. The second kappa shape index (κ2) is 23.5. The minimum absolute atomic E-state index is 0.0581. The number of benzene rings is 3. The summed E-state index contributed by atoms with van der Waals surface area (Å²) in [5, 5.41) is 24.6. The summed E-state index contributed by atoms with van der Waals surface area (Å²) in [5.74, 6) is -2.39. The molecule has 7 rings (SSSR count). The number of aryl methyl sites for hydroxylation is 2. The molecule has 2 heterocycles. The first-order valence-corrected chi connectivity index (χ1v) is 26.6. The van der Waals surface area contributed by atoms with E-state index in [2.05, 4.69) is 60.7 Å². The number of likely N-dealkylation sites (tertiary alicyclic amines) is 1. The summed E-state index contributed by atoms with van der Waals surface area (Å²) >= 11 is 0. The van der Waals surface area contributed by atoms with Gasteiger partial charge < -0.3 is 52.3 Å². The van der Waals surface area contributed by atoms with Gasteiger partial charge in [0.2, 0.25) is 41.4 Å². The zero-order chi connectivity index (χ0) is 53.6. The fraction of sp³-hybridized carbons (Fsp3) is 0.561. The van der Waals surface area contributed by atoms with E-state index >= 15 is 0 Å². The predicted octanol–water partition coefficient (Wildman–Crippen LogP) is 4.10. The van der Waals surface area contributed by atoms with Crippen molar-refractivity contribution in [3.63, 3.8) is 0 Å². The number of nitrogens with one attached hydrogen (secondary N) is 8. The number of hydrogen-bond donors (Lipinski definition) is 8. The highest BCUT2D eigenvalue weighted by Crippen LogP contribution is 2.35. The minimum atomic E-state index is -0.956. The van der Waals surface area contributed by atoms with E-state index in [1.807, 2.05) is 90.1 Å². The number of amides is 7. The van der Waals surface area contributed by atoms with E-state index in [1.165, 1.54) is 16.0 Å². The van der Waals surface area contributed by atoms with Gasteiger partial charge in [-0.1, -0.05) is 96.1 Å². The van der Waals surface area contributed by atoms with Gasteiger partial charge in [0.05, 0.1) is 30.7 Å². The normalized spacial score (nSPS) is 22.1. The molecule has 3 aromatic rings. The second-order valence-electron chi connectivity index (χ2n) is 23.0. The van der Waals surface area contributed by atoms with E-state index in [4.69, 9.17) is 0 Å². The molecule has 74 heavy (non-hydrogen) atoms. The molecule has 2 aliphatic carbocycles. The number of nitrogens with zero attached hydrogens (tertiary/aromatic N) is 2. The predicted molar refractivity (Wildman–Crippen MR) is 285 cm³/mol. The zero-order valence-corrected chi connectivity index (χ0v) is 45.1. The average molecular weight is 1020 g/mol. The summed E-state index contributed by atoms with van der Waals surface area (Å²) in [5.41, 5.74) is 5.41. The number of likely N-dealkylation sites (N-methyl/N-ethyl adjacent to an activating group) is 2. The van der Waals surface area contributed by atoms with E-state index in [-0.39, 0.29) is 80.0 Å². The first-order valence-electron chi connectivity index (χ1n) is 26.6. The lowest BCUT2D eigenvalue weighted by Crippen LogP contribution is -2.62. The molecule has 1 fully saturated rings. The highest BCUT2D eigenvalue weighted by atomic mass is 16.2. The van der Waals surface area contributed by atoms with Crippen molar-refractivity contribution >= 4 is 47.0 Å². The number of fused-ring (bicyclic) bond motifs is 3. The lowest BCUT2D eigenvalue weighted by molar-refractivity contribution is -0.147. The van der Waals surface area contributed by atoms with Crippen molar-refractivity contribution in [3.8, 4) is 0 Å². The lowest BCUT2D eigenvalue weighted by atomic mass is 9.83. The summed E-state index contributed by atoms with van der Waals surface area (Å²) < 4.78 is 0. The summed E-state index contributed by atoms with van der Waals surface area (Å²) in [7, 11) is 3.35.